The number of ether oxygens (including phenoxy) is 1. The van der Waals surface area contributed by atoms with Crippen LogP contribution < -0.4 is 4.74 Å². The molecule has 0 bridgehead atoms. The van der Waals surface area contributed by atoms with Crippen molar-refractivity contribution in [3.63, 3.8) is 0 Å². The highest BCUT2D eigenvalue weighted by Gasteiger charge is 2.31. The van der Waals surface area contributed by atoms with Crippen molar-refractivity contribution in [2.45, 2.75) is 6.36 Å². The minimum absolute atomic E-state index is 0.290. The quantitative estimate of drug-likeness (QED) is 0.542. The largest absolute Gasteiger partial charge is 0.573 e. The maximum absolute atomic E-state index is 12.5. The molecule has 0 unspecified atom stereocenters. The van der Waals surface area contributed by atoms with E-state index in [4.69, 9.17) is 0 Å². The summed E-state index contributed by atoms with van der Waals surface area (Å²) in [6, 6.07) is 9.46. The number of thiophene rings is 1. The molecule has 0 aliphatic heterocycles. The van der Waals surface area contributed by atoms with Gasteiger partial charge in [0.25, 0.3) is 0 Å². The zero-order chi connectivity index (χ0) is 17.4. The number of benzene rings is 1. The number of aromatic amines is 1. The molecule has 3 heterocycles. The lowest BCUT2D eigenvalue weighted by Gasteiger charge is -2.09. The Bertz CT molecular complexity index is 1030. The fraction of sp³-hybridized carbons (Fsp3) is 0.0588. The Morgan fingerprint density at radius 2 is 1.92 bits per heavy atom. The van der Waals surface area contributed by atoms with Gasteiger partial charge in [-0.3, -0.25) is 10.1 Å². The Hall–Kier alpha value is -2.87. The molecular formula is C17H10F3N3OS. The summed E-state index contributed by atoms with van der Waals surface area (Å²) in [5.74, 6) is -0.290. The van der Waals surface area contributed by atoms with Crippen LogP contribution in [0.4, 0.5) is 13.2 Å². The average molecular weight is 361 g/mol. The van der Waals surface area contributed by atoms with Gasteiger partial charge in [0.1, 0.15) is 11.4 Å². The molecule has 1 aromatic carbocycles. The molecule has 126 valence electrons. The highest BCUT2D eigenvalue weighted by molar-refractivity contribution is 7.08. The lowest BCUT2D eigenvalue weighted by atomic mass is 10.0. The Balaban J connectivity index is 1.87. The van der Waals surface area contributed by atoms with Gasteiger partial charge in [0.2, 0.25) is 0 Å². The van der Waals surface area contributed by atoms with Crippen LogP contribution in [0, 0.1) is 0 Å². The summed E-state index contributed by atoms with van der Waals surface area (Å²) in [6.07, 6.45) is -3.07. The van der Waals surface area contributed by atoms with E-state index in [2.05, 4.69) is 19.9 Å². The van der Waals surface area contributed by atoms with E-state index in [0.29, 0.717) is 11.3 Å². The highest BCUT2D eigenvalue weighted by Crippen LogP contribution is 2.35. The predicted octanol–water partition coefficient (Wildman–Crippen LogP) is 5.25. The minimum Gasteiger partial charge on any atom is -0.406 e. The number of H-pyrrole nitrogens is 1. The first-order chi connectivity index (χ1) is 12.0. The van der Waals surface area contributed by atoms with Gasteiger partial charge in [-0.15, -0.1) is 13.2 Å². The number of nitrogens with zero attached hydrogens (tertiary/aromatic N) is 2. The summed E-state index contributed by atoms with van der Waals surface area (Å²) < 4.78 is 41.4. The second-order valence-electron chi connectivity index (χ2n) is 5.24. The average Bonchev–Trinajstić information content (AvgIpc) is 3.23. The molecule has 0 fully saturated rings. The third-order valence-electron chi connectivity index (χ3n) is 3.61. The van der Waals surface area contributed by atoms with Gasteiger partial charge in [0, 0.05) is 22.7 Å². The molecule has 0 saturated heterocycles. The Labute approximate surface area is 143 Å². The molecule has 0 saturated carbocycles. The van der Waals surface area contributed by atoms with Gasteiger partial charge in [-0.25, -0.2) is 0 Å². The maximum atomic E-state index is 12.5. The van der Waals surface area contributed by atoms with Gasteiger partial charge in [-0.1, -0.05) is 12.1 Å². The highest BCUT2D eigenvalue weighted by atomic mass is 32.1. The van der Waals surface area contributed by atoms with Crippen molar-refractivity contribution in [1.29, 1.82) is 0 Å². The van der Waals surface area contributed by atoms with Crippen LogP contribution in [-0.4, -0.2) is 21.5 Å². The van der Waals surface area contributed by atoms with Crippen LogP contribution in [0.15, 0.2) is 53.4 Å². The van der Waals surface area contributed by atoms with Crippen LogP contribution in [0.1, 0.15) is 0 Å². The summed E-state index contributed by atoms with van der Waals surface area (Å²) >= 11 is 1.54. The van der Waals surface area contributed by atoms with E-state index in [-0.39, 0.29) is 5.75 Å². The van der Waals surface area contributed by atoms with Gasteiger partial charge >= 0.3 is 6.36 Å². The first kappa shape index (κ1) is 15.6. The molecular weight excluding hydrogens is 351 g/mol. The Kier molecular flexibility index (Phi) is 3.69. The molecule has 4 nitrogen and oxygen atoms in total. The number of alkyl halides is 3. The minimum atomic E-state index is -4.74. The lowest BCUT2D eigenvalue weighted by molar-refractivity contribution is -0.274. The number of pyridine rings is 1. The number of rotatable bonds is 3. The van der Waals surface area contributed by atoms with Crippen molar-refractivity contribution in [3.05, 3.63) is 53.4 Å². The third kappa shape index (κ3) is 3.08. The van der Waals surface area contributed by atoms with Crippen LogP contribution in [0.25, 0.3) is 33.4 Å². The van der Waals surface area contributed by atoms with Crippen molar-refractivity contribution in [2.75, 3.05) is 0 Å². The van der Waals surface area contributed by atoms with Crippen molar-refractivity contribution in [1.82, 2.24) is 15.2 Å². The van der Waals surface area contributed by atoms with Crippen molar-refractivity contribution in [3.8, 4) is 28.3 Å². The van der Waals surface area contributed by atoms with Gasteiger partial charge < -0.3 is 4.74 Å². The molecule has 8 heteroatoms. The SMILES string of the molecule is FC(F)(F)Oc1cccc(-c2n[nH]c3ccnc(-c4ccsc4)c23)c1. The Morgan fingerprint density at radius 3 is 2.68 bits per heavy atom. The van der Waals surface area contributed by atoms with Gasteiger partial charge in [0.15, 0.2) is 0 Å². The zero-order valence-electron chi connectivity index (χ0n) is 12.5. The lowest BCUT2D eigenvalue weighted by Crippen LogP contribution is -2.17. The monoisotopic (exact) mass is 361 g/mol. The first-order valence-electron chi connectivity index (χ1n) is 7.23. The van der Waals surface area contributed by atoms with E-state index in [1.165, 1.54) is 18.2 Å². The van der Waals surface area contributed by atoms with E-state index in [0.717, 1.165) is 22.2 Å². The van der Waals surface area contributed by atoms with Crippen LogP contribution in [0.5, 0.6) is 5.75 Å². The van der Waals surface area contributed by atoms with Crippen molar-refractivity contribution < 1.29 is 17.9 Å². The van der Waals surface area contributed by atoms with E-state index in [1.807, 2.05) is 16.8 Å². The first-order valence-corrected chi connectivity index (χ1v) is 8.17. The molecule has 3 aromatic heterocycles. The fourth-order valence-electron chi connectivity index (χ4n) is 2.63. The van der Waals surface area contributed by atoms with E-state index >= 15 is 0 Å². The number of nitrogens with one attached hydrogen (secondary N) is 1. The molecule has 25 heavy (non-hydrogen) atoms. The number of halogens is 3. The summed E-state index contributed by atoms with van der Waals surface area (Å²) in [6.45, 7) is 0. The second kappa shape index (κ2) is 5.89. The van der Waals surface area contributed by atoms with Crippen LogP contribution in [-0.2, 0) is 0 Å². The molecule has 0 aliphatic carbocycles. The molecule has 0 radical (unpaired) electrons. The topological polar surface area (TPSA) is 50.8 Å². The van der Waals surface area contributed by atoms with Crippen LogP contribution in [0.2, 0.25) is 0 Å². The molecule has 0 amide bonds. The molecule has 4 rings (SSSR count). The number of hydrogen-bond donors (Lipinski definition) is 1. The second-order valence-corrected chi connectivity index (χ2v) is 6.02. The Morgan fingerprint density at radius 1 is 1.04 bits per heavy atom. The van der Waals surface area contributed by atoms with E-state index in [9.17, 15) is 13.2 Å². The smallest absolute Gasteiger partial charge is 0.406 e. The summed E-state index contributed by atoms with van der Waals surface area (Å²) in [7, 11) is 0. The standard InChI is InChI=1S/C17H10F3N3OS/c18-17(19,20)24-12-3-1-2-10(8-12)16-14-13(22-23-16)4-6-21-15(14)11-5-7-25-9-11/h1-9H,(H,22,23). The van der Waals surface area contributed by atoms with Gasteiger partial charge in [-0.05, 0) is 29.6 Å². The van der Waals surface area contributed by atoms with Gasteiger partial charge in [0.05, 0.1) is 16.6 Å². The number of aromatic nitrogens is 3. The molecule has 0 atom stereocenters. The third-order valence-corrected chi connectivity index (χ3v) is 4.29. The summed E-state index contributed by atoms with van der Waals surface area (Å²) in [5.41, 5.74) is 3.45. The number of fused-ring (bicyclic) bond motifs is 1. The molecule has 0 spiro atoms. The van der Waals surface area contributed by atoms with Crippen molar-refractivity contribution in [2.24, 2.45) is 0 Å². The number of hydrogen-bond acceptors (Lipinski definition) is 4. The molecule has 4 aromatic rings. The predicted molar refractivity (Wildman–Crippen MR) is 89.3 cm³/mol. The molecule has 1 N–H and O–H groups in total. The summed E-state index contributed by atoms with van der Waals surface area (Å²) in [5, 5.41) is 11.8. The zero-order valence-corrected chi connectivity index (χ0v) is 13.4. The van der Waals surface area contributed by atoms with E-state index < -0.39 is 6.36 Å². The molecule has 0 aliphatic rings. The van der Waals surface area contributed by atoms with Crippen LogP contribution >= 0.6 is 11.3 Å². The summed E-state index contributed by atoms with van der Waals surface area (Å²) in [4.78, 5) is 4.42. The van der Waals surface area contributed by atoms with Crippen molar-refractivity contribution >= 4 is 22.2 Å². The maximum Gasteiger partial charge on any atom is 0.573 e. The van der Waals surface area contributed by atoms with E-state index in [1.54, 1.807) is 29.7 Å². The normalized spacial score (nSPS) is 11.8. The fourth-order valence-corrected chi connectivity index (χ4v) is 3.27. The van der Waals surface area contributed by atoms with Gasteiger partial charge in [-0.2, -0.15) is 16.4 Å². The van der Waals surface area contributed by atoms with Crippen LogP contribution in [0.3, 0.4) is 0 Å².